The van der Waals surface area contributed by atoms with Crippen LogP contribution in [0, 0.1) is 0 Å². The average Bonchev–Trinajstić information content (AvgIpc) is 2.10. The van der Waals surface area contributed by atoms with Gasteiger partial charge in [-0.05, 0) is 27.2 Å². The first-order valence-electron chi connectivity index (χ1n) is 5.56. The summed E-state index contributed by atoms with van der Waals surface area (Å²) in [4.78, 5) is 13.6. The van der Waals surface area contributed by atoms with Crippen LogP contribution in [-0.4, -0.2) is 29.4 Å². The molecule has 0 spiro atoms. The minimum Gasteiger partial charge on any atom is -0.339 e. The Labute approximate surface area is 87.6 Å². The van der Waals surface area contributed by atoms with Gasteiger partial charge in [-0.25, -0.2) is 0 Å². The Kier molecular flexibility index (Phi) is 6.54. The average molecular weight is 200 g/mol. The normalized spacial score (nSPS) is 13.0. The second kappa shape index (κ2) is 6.82. The number of rotatable bonds is 6. The van der Waals surface area contributed by atoms with Gasteiger partial charge in [0.2, 0.25) is 5.91 Å². The summed E-state index contributed by atoms with van der Waals surface area (Å²) in [6.07, 6.45) is 3.43. The summed E-state index contributed by atoms with van der Waals surface area (Å²) in [6, 6.07) is -0.121. The molecule has 0 saturated carbocycles. The molecule has 0 aromatic rings. The molecule has 1 amide bonds. The van der Waals surface area contributed by atoms with Crippen molar-refractivity contribution in [3.05, 3.63) is 0 Å². The highest BCUT2D eigenvalue weighted by Gasteiger charge is 2.19. The first-order valence-corrected chi connectivity index (χ1v) is 5.56. The van der Waals surface area contributed by atoms with Crippen molar-refractivity contribution >= 4 is 5.91 Å². The monoisotopic (exact) mass is 200 g/mol. The summed E-state index contributed by atoms with van der Waals surface area (Å²) < 4.78 is 0. The third-order valence-corrected chi connectivity index (χ3v) is 2.30. The number of hydrogen-bond donors (Lipinski definition) is 1. The molecule has 0 aliphatic heterocycles. The Morgan fingerprint density at radius 3 is 2.21 bits per heavy atom. The Morgan fingerprint density at radius 2 is 1.86 bits per heavy atom. The van der Waals surface area contributed by atoms with Gasteiger partial charge in [0, 0.05) is 12.6 Å². The van der Waals surface area contributed by atoms with Crippen LogP contribution in [0.15, 0.2) is 0 Å². The molecule has 0 radical (unpaired) electrons. The molecule has 84 valence electrons. The lowest BCUT2D eigenvalue weighted by molar-refractivity contribution is -0.133. The van der Waals surface area contributed by atoms with Crippen LogP contribution >= 0.6 is 0 Å². The van der Waals surface area contributed by atoms with Gasteiger partial charge in [-0.3, -0.25) is 4.79 Å². The van der Waals surface area contributed by atoms with Crippen molar-refractivity contribution in [1.29, 1.82) is 0 Å². The molecule has 3 heteroatoms. The lowest BCUT2D eigenvalue weighted by Gasteiger charge is -2.28. The third-order valence-electron chi connectivity index (χ3n) is 2.30. The van der Waals surface area contributed by atoms with Crippen molar-refractivity contribution in [3.8, 4) is 0 Å². The Balaban J connectivity index is 4.09. The highest BCUT2D eigenvalue weighted by molar-refractivity contribution is 5.81. The van der Waals surface area contributed by atoms with Crippen LogP contribution in [0.5, 0.6) is 0 Å². The van der Waals surface area contributed by atoms with E-state index in [0.717, 1.165) is 13.0 Å². The van der Waals surface area contributed by atoms with Crippen LogP contribution in [0.1, 0.15) is 47.0 Å². The van der Waals surface area contributed by atoms with Crippen LogP contribution in [0.4, 0.5) is 0 Å². The predicted octanol–water partition coefficient (Wildman–Crippen LogP) is 1.76. The summed E-state index contributed by atoms with van der Waals surface area (Å²) in [7, 11) is 0. The summed E-state index contributed by atoms with van der Waals surface area (Å²) in [6.45, 7) is 8.81. The second-order valence-electron chi connectivity index (χ2n) is 4.12. The maximum absolute atomic E-state index is 11.7. The van der Waals surface area contributed by atoms with Crippen molar-refractivity contribution < 1.29 is 4.79 Å². The maximum Gasteiger partial charge on any atom is 0.239 e. The molecule has 0 saturated heterocycles. The van der Waals surface area contributed by atoms with E-state index < -0.39 is 0 Å². The van der Waals surface area contributed by atoms with E-state index in [4.69, 9.17) is 5.73 Å². The van der Waals surface area contributed by atoms with Crippen LogP contribution in [0.2, 0.25) is 0 Å². The van der Waals surface area contributed by atoms with Crippen molar-refractivity contribution in [2.75, 3.05) is 6.54 Å². The van der Waals surface area contributed by atoms with Gasteiger partial charge >= 0.3 is 0 Å². The van der Waals surface area contributed by atoms with Crippen molar-refractivity contribution in [1.82, 2.24) is 4.90 Å². The number of hydrogen-bond acceptors (Lipinski definition) is 2. The summed E-state index contributed by atoms with van der Waals surface area (Å²) in [5.74, 6) is 0.0658. The standard InChI is InChI=1S/C11H24N2O/c1-5-6-7-8-13(9(2)3)11(14)10(4)12/h9-10H,5-8,12H2,1-4H3/t10-/m0/s1. The predicted molar refractivity (Wildman–Crippen MR) is 60.0 cm³/mol. The Morgan fingerprint density at radius 1 is 1.29 bits per heavy atom. The number of amides is 1. The SMILES string of the molecule is CCCCCN(C(=O)[C@H](C)N)C(C)C. The van der Waals surface area contributed by atoms with Gasteiger partial charge < -0.3 is 10.6 Å². The minimum absolute atomic E-state index is 0.0658. The number of nitrogens with zero attached hydrogens (tertiary/aromatic N) is 1. The van der Waals surface area contributed by atoms with Crippen molar-refractivity contribution in [2.45, 2.75) is 59.0 Å². The van der Waals surface area contributed by atoms with Gasteiger partial charge in [0.05, 0.1) is 6.04 Å². The molecule has 0 aromatic heterocycles. The molecular formula is C11H24N2O. The van der Waals surface area contributed by atoms with Crippen LogP contribution in [0.3, 0.4) is 0 Å². The second-order valence-corrected chi connectivity index (χ2v) is 4.12. The van der Waals surface area contributed by atoms with Gasteiger partial charge in [-0.1, -0.05) is 19.8 Å². The first-order chi connectivity index (χ1) is 6.50. The maximum atomic E-state index is 11.7. The van der Waals surface area contributed by atoms with E-state index in [9.17, 15) is 4.79 Å². The molecule has 0 unspecified atom stereocenters. The number of nitrogens with two attached hydrogens (primary N) is 1. The molecule has 0 aliphatic carbocycles. The fourth-order valence-corrected chi connectivity index (χ4v) is 1.42. The van der Waals surface area contributed by atoms with E-state index in [2.05, 4.69) is 6.92 Å². The van der Waals surface area contributed by atoms with Gasteiger partial charge in [0.15, 0.2) is 0 Å². The van der Waals surface area contributed by atoms with E-state index in [1.807, 2.05) is 18.7 Å². The lowest BCUT2D eigenvalue weighted by atomic mass is 10.2. The molecule has 2 N–H and O–H groups in total. The highest BCUT2D eigenvalue weighted by Crippen LogP contribution is 2.05. The van der Waals surface area contributed by atoms with E-state index in [1.54, 1.807) is 6.92 Å². The molecular weight excluding hydrogens is 176 g/mol. The zero-order chi connectivity index (χ0) is 11.1. The van der Waals surface area contributed by atoms with Crippen LogP contribution in [-0.2, 0) is 4.79 Å². The van der Waals surface area contributed by atoms with Crippen molar-refractivity contribution in [3.63, 3.8) is 0 Å². The molecule has 0 heterocycles. The van der Waals surface area contributed by atoms with Gasteiger partial charge in [0.1, 0.15) is 0 Å². The Hall–Kier alpha value is -0.570. The smallest absolute Gasteiger partial charge is 0.239 e. The van der Waals surface area contributed by atoms with Crippen LogP contribution in [0.25, 0.3) is 0 Å². The molecule has 0 fully saturated rings. The fourth-order valence-electron chi connectivity index (χ4n) is 1.42. The molecule has 0 bridgehead atoms. The summed E-state index contributed by atoms with van der Waals surface area (Å²) in [5, 5.41) is 0. The molecule has 0 aromatic carbocycles. The topological polar surface area (TPSA) is 46.3 Å². The molecule has 1 atom stereocenters. The number of carbonyl (C=O) groups excluding carboxylic acids is 1. The summed E-state index contributed by atoms with van der Waals surface area (Å²) in [5.41, 5.74) is 5.59. The third kappa shape index (κ3) is 4.61. The molecule has 0 rings (SSSR count). The lowest BCUT2D eigenvalue weighted by Crippen LogP contribution is -2.46. The molecule has 0 aliphatic rings. The largest absolute Gasteiger partial charge is 0.339 e. The summed E-state index contributed by atoms with van der Waals surface area (Å²) >= 11 is 0. The fraction of sp³-hybridized carbons (Fsp3) is 0.909. The first kappa shape index (κ1) is 13.4. The quantitative estimate of drug-likeness (QED) is 0.664. The van der Waals surface area contributed by atoms with Crippen LogP contribution < -0.4 is 5.73 Å². The van der Waals surface area contributed by atoms with E-state index in [0.29, 0.717) is 0 Å². The van der Waals surface area contributed by atoms with Gasteiger partial charge in [0.25, 0.3) is 0 Å². The molecule has 14 heavy (non-hydrogen) atoms. The van der Waals surface area contributed by atoms with E-state index >= 15 is 0 Å². The minimum atomic E-state index is -0.376. The number of carbonyl (C=O) groups is 1. The van der Waals surface area contributed by atoms with Crippen molar-refractivity contribution in [2.24, 2.45) is 5.73 Å². The molecule has 3 nitrogen and oxygen atoms in total. The van der Waals surface area contributed by atoms with E-state index in [1.165, 1.54) is 12.8 Å². The van der Waals surface area contributed by atoms with Gasteiger partial charge in [-0.15, -0.1) is 0 Å². The highest BCUT2D eigenvalue weighted by atomic mass is 16.2. The zero-order valence-corrected chi connectivity index (χ0v) is 9.92. The zero-order valence-electron chi connectivity index (χ0n) is 9.92. The Bertz CT molecular complexity index is 167. The number of unbranched alkanes of at least 4 members (excludes halogenated alkanes) is 2. The van der Waals surface area contributed by atoms with Gasteiger partial charge in [-0.2, -0.15) is 0 Å². The van der Waals surface area contributed by atoms with E-state index in [-0.39, 0.29) is 18.0 Å².